The lowest BCUT2D eigenvalue weighted by molar-refractivity contribution is -0.438. The van der Waals surface area contributed by atoms with Crippen molar-refractivity contribution in [2.24, 2.45) is 0 Å². The predicted molar refractivity (Wildman–Crippen MR) is 219 cm³/mol. The van der Waals surface area contributed by atoms with Gasteiger partial charge >= 0.3 is 5.69 Å². The maximum absolute atomic E-state index is 12.5. The van der Waals surface area contributed by atoms with E-state index in [2.05, 4.69) is 131 Å². The lowest BCUT2D eigenvalue weighted by Crippen LogP contribution is -2.28. The zero-order valence-corrected chi connectivity index (χ0v) is 32.6. The van der Waals surface area contributed by atoms with Crippen molar-refractivity contribution in [1.29, 1.82) is 0 Å². The van der Waals surface area contributed by atoms with Gasteiger partial charge in [-0.25, -0.2) is 4.79 Å². The number of para-hydroxylation sites is 2. The van der Waals surface area contributed by atoms with Gasteiger partial charge in [-0.1, -0.05) is 69.2 Å². The van der Waals surface area contributed by atoms with Crippen LogP contribution in [0.3, 0.4) is 0 Å². The molecule has 0 aliphatic carbocycles. The lowest BCUT2D eigenvalue weighted by Gasteiger charge is -2.25. The van der Waals surface area contributed by atoms with Gasteiger partial charge in [-0.15, -0.1) is 0 Å². The third kappa shape index (κ3) is 9.45. The van der Waals surface area contributed by atoms with Crippen LogP contribution in [0, 0.1) is 0 Å². The molecule has 0 atom stereocenters. The number of hydrogen-bond donors (Lipinski definition) is 4. The van der Waals surface area contributed by atoms with E-state index in [4.69, 9.17) is 0 Å². The SMILES string of the molecule is CCN1C(=CC=CC2=[N+](CCCCCC(=O)NCCCCCCNC(=O)/C=C/c3c[nH]c(=O)[nH]c3=O)c3ccccc3C2(C)C)C(C)(C)c2ccccc21. The highest BCUT2D eigenvalue weighted by Crippen LogP contribution is 2.47. The quantitative estimate of drug-likeness (QED) is 0.0652. The molecule has 0 unspecified atom stereocenters. The van der Waals surface area contributed by atoms with E-state index < -0.39 is 11.2 Å². The van der Waals surface area contributed by atoms with Gasteiger partial charge in [0.1, 0.15) is 6.54 Å². The summed E-state index contributed by atoms with van der Waals surface area (Å²) >= 11 is 0. The standard InChI is InChI=1S/C44H56N6O4/c1-6-49-35-21-13-11-19-33(35)43(2,3)37(49)23-18-24-38-44(4,5)34-20-12-14-22-36(34)50(38)30-17-9-10-25-39(51)45-28-15-7-8-16-29-46-40(52)27-26-32-31-47-42(54)48-41(32)53/h11-14,18-24,26-27,31H,6-10,15-17,25,28-30H2,1-5H3,(H3-,45,46,47,48,51,52,53,54)/p+1. The van der Waals surface area contributed by atoms with Gasteiger partial charge in [0.25, 0.3) is 5.56 Å². The second kappa shape index (κ2) is 18.2. The first-order valence-corrected chi connectivity index (χ1v) is 19.5. The smallest absolute Gasteiger partial charge is 0.325 e. The molecule has 1 aromatic heterocycles. The molecule has 54 heavy (non-hydrogen) atoms. The highest BCUT2D eigenvalue weighted by Gasteiger charge is 2.44. The maximum atomic E-state index is 12.5. The van der Waals surface area contributed by atoms with Crippen LogP contribution in [0.15, 0.2) is 94.3 Å². The van der Waals surface area contributed by atoms with Crippen molar-refractivity contribution in [3.63, 3.8) is 0 Å². The molecule has 4 N–H and O–H groups in total. The normalized spacial score (nSPS) is 16.4. The number of unbranched alkanes of at least 4 members (excludes halogenated alkanes) is 5. The molecular formula is C44H57N6O4+. The highest BCUT2D eigenvalue weighted by atomic mass is 16.2. The first-order valence-electron chi connectivity index (χ1n) is 19.5. The van der Waals surface area contributed by atoms with E-state index in [1.54, 1.807) is 0 Å². The van der Waals surface area contributed by atoms with Gasteiger partial charge < -0.3 is 20.5 Å². The third-order valence-corrected chi connectivity index (χ3v) is 10.7. The number of aromatic nitrogens is 2. The molecule has 3 aromatic rings. The minimum atomic E-state index is -0.591. The molecular weight excluding hydrogens is 677 g/mol. The fourth-order valence-electron chi connectivity index (χ4n) is 7.73. The minimum absolute atomic E-state index is 0.0676. The number of carbonyl (C=O) groups excluding carboxylic acids is 2. The van der Waals surface area contributed by atoms with Crippen LogP contribution < -0.4 is 26.8 Å². The molecule has 2 amide bonds. The summed E-state index contributed by atoms with van der Waals surface area (Å²) in [6.07, 6.45) is 17.7. The van der Waals surface area contributed by atoms with Crippen LogP contribution in [0.4, 0.5) is 11.4 Å². The van der Waals surface area contributed by atoms with Gasteiger partial charge in [0.15, 0.2) is 5.71 Å². The van der Waals surface area contributed by atoms with Gasteiger partial charge in [-0.3, -0.25) is 19.4 Å². The number of benzene rings is 2. The number of anilines is 1. The van der Waals surface area contributed by atoms with Gasteiger partial charge in [0, 0.05) is 79.3 Å². The van der Waals surface area contributed by atoms with Crippen molar-refractivity contribution in [2.45, 2.75) is 96.8 Å². The summed E-state index contributed by atoms with van der Waals surface area (Å²) in [5.41, 5.74) is 6.79. The molecule has 3 heterocycles. The average molecular weight is 734 g/mol. The van der Waals surface area contributed by atoms with Crippen molar-refractivity contribution >= 4 is 35.0 Å². The van der Waals surface area contributed by atoms with Crippen LogP contribution in [0.2, 0.25) is 0 Å². The van der Waals surface area contributed by atoms with E-state index in [1.807, 2.05) is 0 Å². The number of hydrogen-bond acceptors (Lipinski definition) is 5. The summed E-state index contributed by atoms with van der Waals surface area (Å²) in [4.78, 5) is 54.2. The number of rotatable bonds is 18. The Bertz CT molecular complexity index is 2050. The number of allylic oxidation sites excluding steroid dienone is 4. The zero-order chi connectivity index (χ0) is 38.7. The molecule has 0 saturated heterocycles. The average Bonchev–Trinajstić information content (AvgIpc) is 3.50. The maximum Gasteiger partial charge on any atom is 0.325 e. The summed E-state index contributed by atoms with van der Waals surface area (Å²) in [7, 11) is 0. The Morgan fingerprint density at radius 1 is 0.815 bits per heavy atom. The summed E-state index contributed by atoms with van der Waals surface area (Å²) in [5.74, 6) is -0.200. The molecule has 10 nitrogen and oxygen atoms in total. The molecule has 10 heteroatoms. The van der Waals surface area contributed by atoms with Crippen LogP contribution in [-0.4, -0.2) is 58.2 Å². The molecule has 2 aliphatic heterocycles. The first kappa shape index (κ1) is 39.9. The number of H-pyrrole nitrogens is 2. The van der Waals surface area contributed by atoms with Crippen LogP contribution in [-0.2, 0) is 20.4 Å². The Morgan fingerprint density at radius 3 is 2.24 bits per heavy atom. The largest absolute Gasteiger partial charge is 0.356 e. The number of fused-ring (bicyclic) bond motifs is 2. The number of amides is 2. The van der Waals surface area contributed by atoms with E-state index in [1.165, 1.54) is 52.3 Å². The molecule has 0 spiro atoms. The van der Waals surface area contributed by atoms with Crippen LogP contribution in [0.25, 0.3) is 6.08 Å². The highest BCUT2D eigenvalue weighted by molar-refractivity contribution is 6.03. The van der Waals surface area contributed by atoms with Crippen molar-refractivity contribution in [2.75, 3.05) is 31.1 Å². The van der Waals surface area contributed by atoms with Crippen molar-refractivity contribution in [1.82, 2.24) is 20.6 Å². The molecule has 2 aromatic carbocycles. The molecule has 0 bridgehead atoms. The van der Waals surface area contributed by atoms with E-state index >= 15 is 0 Å². The van der Waals surface area contributed by atoms with Gasteiger partial charge in [0.2, 0.25) is 17.5 Å². The number of aromatic amines is 2. The summed E-state index contributed by atoms with van der Waals surface area (Å²) in [5, 5.41) is 5.85. The Kier molecular flexibility index (Phi) is 13.5. The second-order valence-electron chi connectivity index (χ2n) is 15.2. The lowest BCUT2D eigenvalue weighted by atomic mass is 9.81. The molecule has 0 radical (unpaired) electrons. The fourth-order valence-corrected chi connectivity index (χ4v) is 7.73. The Hall–Kier alpha value is -5.25. The van der Waals surface area contributed by atoms with E-state index in [-0.39, 0.29) is 28.2 Å². The van der Waals surface area contributed by atoms with E-state index in [9.17, 15) is 19.2 Å². The fraction of sp³-hybridized carbons (Fsp3) is 0.432. The number of nitrogens with one attached hydrogen (secondary N) is 4. The topological polar surface area (TPSA) is 130 Å². The monoisotopic (exact) mass is 733 g/mol. The number of carbonyl (C=O) groups is 2. The minimum Gasteiger partial charge on any atom is -0.356 e. The van der Waals surface area contributed by atoms with Crippen LogP contribution in [0.5, 0.6) is 0 Å². The van der Waals surface area contributed by atoms with Gasteiger partial charge in [0.05, 0.1) is 11.0 Å². The Labute approximate surface area is 319 Å². The summed E-state index contributed by atoms with van der Waals surface area (Å²) in [6.45, 7) is 14.5. The summed E-state index contributed by atoms with van der Waals surface area (Å²) in [6, 6.07) is 17.5. The zero-order valence-electron chi connectivity index (χ0n) is 32.6. The van der Waals surface area contributed by atoms with Crippen LogP contribution >= 0.6 is 0 Å². The van der Waals surface area contributed by atoms with E-state index in [0.717, 1.165) is 58.0 Å². The first-order chi connectivity index (χ1) is 25.9. The van der Waals surface area contributed by atoms with Crippen molar-refractivity contribution < 1.29 is 14.2 Å². The molecule has 5 rings (SSSR count). The van der Waals surface area contributed by atoms with Gasteiger partial charge in [-0.2, -0.15) is 4.58 Å². The van der Waals surface area contributed by atoms with Gasteiger partial charge in [-0.05, 0) is 70.2 Å². The number of nitrogens with zero attached hydrogens (tertiary/aromatic N) is 2. The van der Waals surface area contributed by atoms with Crippen LogP contribution in [0.1, 0.15) is 103 Å². The summed E-state index contributed by atoms with van der Waals surface area (Å²) < 4.78 is 2.48. The molecule has 0 fully saturated rings. The Morgan fingerprint density at radius 2 is 1.50 bits per heavy atom. The number of likely N-dealkylation sites (N-methyl/N-ethyl adjacent to an activating group) is 1. The van der Waals surface area contributed by atoms with Crippen molar-refractivity contribution in [3.8, 4) is 0 Å². The van der Waals surface area contributed by atoms with Crippen molar-refractivity contribution in [3.05, 3.63) is 122 Å². The Balaban J connectivity index is 1.03. The van der Waals surface area contributed by atoms with E-state index in [0.29, 0.717) is 19.5 Å². The predicted octanol–water partition coefficient (Wildman–Crippen LogP) is 6.76. The molecule has 286 valence electrons. The molecule has 2 aliphatic rings. The molecule has 0 saturated carbocycles. The second-order valence-corrected chi connectivity index (χ2v) is 15.2. The third-order valence-electron chi connectivity index (χ3n) is 10.7.